The SMILES string of the molecule is COc1ccc(-c2cc(C(=O)N(C)[C@H](C)c3ccon3)[nH]n2)cc1. The summed E-state index contributed by atoms with van der Waals surface area (Å²) >= 11 is 0. The van der Waals surface area contributed by atoms with Gasteiger partial charge in [0, 0.05) is 18.7 Å². The number of nitrogens with one attached hydrogen (secondary N) is 1. The summed E-state index contributed by atoms with van der Waals surface area (Å²) in [6.07, 6.45) is 1.49. The van der Waals surface area contributed by atoms with Crippen molar-refractivity contribution < 1.29 is 14.1 Å². The first-order valence-electron chi connectivity index (χ1n) is 7.47. The van der Waals surface area contributed by atoms with E-state index in [1.807, 2.05) is 31.2 Å². The van der Waals surface area contributed by atoms with Crippen LogP contribution >= 0.6 is 0 Å². The Labute approximate surface area is 139 Å². The van der Waals surface area contributed by atoms with Crippen molar-refractivity contribution >= 4 is 5.91 Å². The molecule has 2 heterocycles. The third-order valence-corrected chi connectivity index (χ3v) is 3.98. The van der Waals surface area contributed by atoms with Crippen molar-refractivity contribution in [3.63, 3.8) is 0 Å². The van der Waals surface area contributed by atoms with Crippen LogP contribution in [0.1, 0.15) is 29.1 Å². The highest BCUT2D eigenvalue weighted by Gasteiger charge is 2.22. The number of carbonyl (C=O) groups is 1. The van der Waals surface area contributed by atoms with E-state index in [0.717, 1.165) is 11.3 Å². The van der Waals surface area contributed by atoms with Gasteiger partial charge >= 0.3 is 0 Å². The van der Waals surface area contributed by atoms with Crippen LogP contribution in [0, 0.1) is 0 Å². The predicted octanol–water partition coefficient (Wildman–Crippen LogP) is 2.91. The molecule has 24 heavy (non-hydrogen) atoms. The van der Waals surface area contributed by atoms with Crippen molar-refractivity contribution in [2.24, 2.45) is 0 Å². The summed E-state index contributed by atoms with van der Waals surface area (Å²) in [5, 5.41) is 10.9. The molecule has 0 fully saturated rings. The number of aromatic amines is 1. The number of methoxy groups -OCH3 is 1. The van der Waals surface area contributed by atoms with Crippen LogP contribution in [0.15, 0.2) is 47.2 Å². The van der Waals surface area contributed by atoms with Gasteiger partial charge in [0.15, 0.2) is 0 Å². The summed E-state index contributed by atoms with van der Waals surface area (Å²) in [4.78, 5) is 14.2. The molecular formula is C17H18N4O3. The fourth-order valence-electron chi connectivity index (χ4n) is 2.34. The maximum Gasteiger partial charge on any atom is 0.272 e. The second-order valence-corrected chi connectivity index (χ2v) is 5.41. The number of hydrogen-bond donors (Lipinski definition) is 1. The van der Waals surface area contributed by atoms with Gasteiger partial charge in [0.1, 0.15) is 23.4 Å². The lowest BCUT2D eigenvalue weighted by Gasteiger charge is -2.22. The van der Waals surface area contributed by atoms with Crippen LogP contribution in [0.4, 0.5) is 0 Å². The van der Waals surface area contributed by atoms with Gasteiger partial charge in [-0.1, -0.05) is 5.16 Å². The zero-order valence-electron chi connectivity index (χ0n) is 13.7. The fraction of sp³-hybridized carbons (Fsp3) is 0.235. The smallest absolute Gasteiger partial charge is 0.272 e. The summed E-state index contributed by atoms with van der Waals surface area (Å²) in [6, 6.07) is 10.8. The largest absolute Gasteiger partial charge is 0.497 e. The first kappa shape index (κ1) is 15.8. The monoisotopic (exact) mass is 326 g/mol. The minimum Gasteiger partial charge on any atom is -0.497 e. The van der Waals surface area contributed by atoms with E-state index in [4.69, 9.17) is 9.26 Å². The highest BCUT2D eigenvalue weighted by atomic mass is 16.5. The number of ether oxygens (including phenoxy) is 1. The summed E-state index contributed by atoms with van der Waals surface area (Å²) in [5.41, 5.74) is 2.71. The average molecular weight is 326 g/mol. The van der Waals surface area contributed by atoms with Gasteiger partial charge < -0.3 is 14.2 Å². The summed E-state index contributed by atoms with van der Waals surface area (Å²) in [7, 11) is 3.34. The molecule has 0 aliphatic rings. The molecule has 1 amide bonds. The molecule has 1 N–H and O–H groups in total. The number of H-pyrrole nitrogens is 1. The van der Waals surface area contributed by atoms with E-state index < -0.39 is 0 Å². The molecular weight excluding hydrogens is 308 g/mol. The van der Waals surface area contributed by atoms with Crippen LogP contribution in [0.2, 0.25) is 0 Å². The summed E-state index contributed by atoms with van der Waals surface area (Å²) in [5.74, 6) is 0.601. The molecule has 124 valence electrons. The molecule has 0 unspecified atom stereocenters. The molecule has 0 aliphatic carbocycles. The molecule has 1 atom stereocenters. The Kier molecular flexibility index (Phi) is 4.33. The van der Waals surface area contributed by atoms with E-state index >= 15 is 0 Å². The maximum atomic E-state index is 12.6. The van der Waals surface area contributed by atoms with E-state index in [1.54, 1.807) is 31.2 Å². The Morgan fingerprint density at radius 1 is 1.29 bits per heavy atom. The second-order valence-electron chi connectivity index (χ2n) is 5.41. The molecule has 1 aromatic carbocycles. The van der Waals surface area contributed by atoms with Gasteiger partial charge in [0.05, 0.1) is 18.8 Å². The highest BCUT2D eigenvalue weighted by molar-refractivity contribution is 5.93. The predicted molar refractivity (Wildman–Crippen MR) is 87.6 cm³/mol. The van der Waals surface area contributed by atoms with Gasteiger partial charge in [-0.15, -0.1) is 0 Å². The first-order valence-corrected chi connectivity index (χ1v) is 7.47. The van der Waals surface area contributed by atoms with Crippen LogP contribution in [-0.2, 0) is 0 Å². The second kappa shape index (κ2) is 6.57. The molecule has 0 radical (unpaired) electrons. The van der Waals surface area contributed by atoms with Gasteiger partial charge in [0.25, 0.3) is 5.91 Å². The van der Waals surface area contributed by atoms with Gasteiger partial charge in [0.2, 0.25) is 0 Å². The quantitative estimate of drug-likeness (QED) is 0.779. The van der Waals surface area contributed by atoms with Crippen LogP contribution in [0.3, 0.4) is 0 Å². The number of aromatic nitrogens is 3. The van der Waals surface area contributed by atoms with Crippen molar-refractivity contribution in [1.82, 2.24) is 20.3 Å². The van der Waals surface area contributed by atoms with Crippen LogP contribution in [0.5, 0.6) is 5.75 Å². The molecule has 0 saturated heterocycles. The van der Waals surface area contributed by atoms with Gasteiger partial charge in [-0.05, 0) is 37.3 Å². The molecule has 3 rings (SSSR count). The van der Waals surface area contributed by atoms with Crippen LogP contribution in [0.25, 0.3) is 11.3 Å². The highest BCUT2D eigenvalue weighted by Crippen LogP contribution is 2.23. The number of hydrogen-bond acceptors (Lipinski definition) is 5. The molecule has 2 aromatic heterocycles. The van der Waals surface area contributed by atoms with Crippen molar-refractivity contribution in [1.29, 1.82) is 0 Å². The number of benzene rings is 1. The Balaban J connectivity index is 1.77. The number of carbonyl (C=O) groups excluding carboxylic acids is 1. The third kappa shape index (κ3) is 3.01. The van der Waals surface area contributed by atoms with E-state index in [-0.39, 0.29) is 11.9 Å². The normalized spacial score (nSPS) is 12.0. The van der Waals surface area contributed by atoms with Gasteiger partial charge in [-0.2, -0.15) is 5.10 Å². The van der Waals surface area contributed by atoms with Crippen molar-refractivity contribution in [2.75, 3.05) is 14.2 Å². The zero-order chi connectivity index (χ0) is 17.1. The Bertz CT molecular complexity index is 809. The van der Waals surface area contributed by atoms with Gasteiger partial charge in [-0.3, -0.25) is 9.89 Å². The molecule has 0 aliphatic heterocycles. The third-order valence-electron chi connectivity index (χ3n) is 3.98. The van der Waals surface area contributed by atoms with Crippen LogP contribution < -0.4 is 4.74 Å². The Morgan fingerprint density at radius 3 is 2.67 bits per heavy atom. The van der Waals surface area contributed by atoms with E-state index in [9.17, 15) is 4.79 Å². The van der Waals surface area contributed by atoms with E-state index in [2.05, 4.69) is 15.4 Å². The molecule has 7 nitrogen and oxygen atoms in total. The molecule has 3 aromatic rings. The Hall–Kier alpha value is -3.09. The number of nitrogens with zero attached hydrogens (tertiary/aromatic N) is 3. The maximum absolute atomic E-state index is 12.6. The van der Waals surface area contributed by atoms with E-state index in [0.29, 0.717) is 17.1 Å². The van der Waals surface area contributed by atoms with E-state index in [1.165, 1.54) is 6.26 Å². The minimum atomic E-state index is -0.205. The fourth-order valence-corrected chi connectivity index (χ4v) is 2.34. The summed E-state index contributed by atoms with van der Waals surface area (Å²) in [6.45, 7) is 1.89. The standard InChI is InChI=1S/C17H18N4O3/c1-11(14-8-9-24-20-14)21(2)17(22)16-10-15(18-19-16)12-4-6-13(23-3)7-5-12/h4-11H,1-3H3,(H,18,19)/t11-/m1/s1. The number of rotatable bonds is 5. The zero-order valence-corrected chi connectivity index (χ0v) is 13.7. The molecule has 0 spiro atoms. The minimum absolute atomic E-state index is 0.169. The van der Waals surface area contributed by atoms with Crippen LogP contribution in [-0.4, -0.2) is 40.3 Å². The van der Waals surface area contributed by atoms with Crippen molar-refractivity contribution in [2.45, 2.75) is 13.0 Å². The lowest BCUT2D eigenvalue weighted by Crippen LogP contribution is -2.30. The number of amides is 1. The first-order chi connectivity index (χ1) is 11.6. The summed E-state index contributed by atoms with van der Waals surface area (Å²) < 4.78 is 9.97. The molecule has 0 bridgehead atoms. The Morgan fingerprint density at radius 2 is 2.04 bits per heavy atom. The lowest BCUT2D eigenvalue weighted by atomic mass is 10.1. The molecule has 0 saturated carbocycles. The van der Waals surface area contributed by atoms with Crippen molar-refractivity contribution in [3.05, 3.63) is 54.0 Å². The lowest BCUT2D eigenvalue weighted by molar-refractivity contribution is 0.0731. The average Bonchev–Trinajstić information content (AvgIpc) is 3.31. The van der Waals surface area contributed by atoms with Gasteiger partial charge in [-0.25, -0.2) is 0 Å². The van der Waals surface area contributed by atoms with Crippen molar-refractivity contribution in [3.8, 4) is 17.0 Å². The molecule has 7 heteroatoms. The topological polar surface area (TPSA) is 84.2 Å².